The van der Waals surface area contributed by atoms with Gasteiger partial charge in [0.05, 0.1) is 29.0 Å². The summed E-state index contributed by atoms with van der Waals surface area (Å²) in [5.41, 5.74) is -2.10. The van der Waals surface area contributed by atoms with Gasteiger partial charge < -0.3 is 20.1 Å². The number of rotatable bonds is 2. The highest BCUT2D eigenvalue weighted by Gasteiger charge is 2.69. The molecular weight excluding hydrogens is 404 g/mol. The molecule has 0 amide bonds. The summed E-state index contributed by atoms with van der Waals surface area (Å²) in [6.07, 6.45) is 8.04. The molecule has 0 unspecified atom stereocenters. The molecule has 1 saturated heterocycles. The first-order chi connectivity index (χ1) is 14.7. The van der Waals surface area contributed by atoms with Gasteiger partial charge >= 0.3 is 0 Å². The Morgan fingerprint density at radius 1 is 1.00 bits per heavy atom. The van der Waals surface area contributed by atoms with Gasteiger partial charge in [0, 0.05) is 11.3 Å². The van der Waals surface area contributed by atoms with Gasteiger partial charge in [-0.3, -0.25) is 4.79 Å². The average molecular weight is 447 g/mol. The third-order valence-electron chi connectivity index (χ3n) is 10.9. The lowest BCUT2D eigenvalue weighted by Gasteiger charge is -2.60. The summed E-state index contributed by atoms with van der Waals surface area (Å²) in [4.78, 5) is 13.3. The summed E-state index contributed by atoms with van der Waals surface area (Å²) in [6, 6.07) is 0. The van der Waals surface area contributed by atoms with E-state index in [1.54, 1.807) is 6.08 Å². The lowest BCUT2D eigenvalue weighted by atomic mass is 9.46. The Morgan fingerprint density at radius 3 is 2.38 bits per heavy atom. The van der Waals surface area contributed by atoms with Crippen LogP contribution in [0, 0.1) is 28.6 Å². The smallest absolute Gasteiger partial charge is 0.159 e. The maximum atomic E-state index is 13.3. The predicted octanol–water partition coefficient (Wildman–Crippen LogP) is 3.93. The quantitative estimate of drug-likeness (QED) is 0.598. The van der Waals surface area contributed by atoms with E-state index in [0.717, 1.165) is 50.5 Å². The normalized spacial score (nSPS) is 51.9. The van der Waals surface area contributed by atoms with Crippen LogP contribution in [0.2, 0.25) is 0 Å². The maximum absolute atomic E-state index is 13.3. The van der Waals surface area contributed by atoms with Crippen molar-refractivity contribution < 1.29 is 24.9 Å². The van der Waals surface area contributed by atoms with Crippen LogP contribution in [0.1, 0.15) is 92.4 Å². The summed E-state index contributed by atoms with van der Waals surface area (Å²) in [7, 11) is 0. The molecule has 1 aliphatic heterocycles. The Labute approximate surface area is 192 Å². The Kier molecular flexibility index (Phi) is 4.96. The van der Waals surface area contributed by atoms with Crippen LogP contribution in [0.5, 0.6) is 0 Å². The molecule has 3 N–H and O–H groups in total. The molecule has 0 bridgehead atoms. The van der Waals surface area contributed by atoms with Gasteiger partial charge in [-0.25, -0.2) is 0 Å². The molecule has 5 rings (SSSR count). The molecule has 0 spiro atoms. The fourth-order valence-electron chi connectivity index (χ4n) is 8.87. The summed E-state index contributed by atoms with van der Waals surface area (Å²) in [6.45, 7) is 10.4. The lowest BCUT2D eigenvalue weighted by Crippen LogP contribution is -2.62. The minimum Gasteiger partial charge on any atom is -0.393 e. The fraction of sp³-hybridized carbons (Fsp3) is 0.889. The second-order valence-electron chi connectivity index (χ2n) is 13.1. The maximum Gasteiger partial charge on any atom is 0.159 e. The van der Waals surface area contributed by atoms with Crippen molar-refractivity contribution in [3.8, 4) is 0 Å². The summed E-state index contributed by atoms with van der Waals surface area (Å²) in [5, 5.41) is 34.3. The van der Waals surface area contributed by atoms with Gasteiger partial charge in [-0.05, 0) is 107 Å². The number of aliphatic hydroxyl groups is 3. The zero-order chi connectivity index (χ0) is 23.3. The minimum atomic E-state index is -1.07. The zero-order valence-electron chi connectivity index (χ0n) is 20.5. The zero-order valence-corrected chi connectivity index (χ0v) is 20.5. The third-order valence-corrected chi connectivity index (χ3v) is 10.9. The van der Waals surface area contributed by atoms with Crippen LogP contribution >= 0.6 is 0 Å². The Hall–Kier alpha value is -0.750. The van der Waals surface area contributed by atoms with Crippen LogP contribution in [-0.2, 0) is 9.53 Å². The largest absolute Gasteiger partial charge is 0.393 e. The van der Waals surface area contributed by atoms with E-state index in [-0.39, 0.29) is 40.7 Å². The van der Waals surface area contributed by atoms with Gasteiger partial charge in [-0.1, -0.05) is 13.8 Å². The molecule has 4 aliphatic carbocycles. The molecule has 1 heterocycles. The second-order valence-corrected chi connectivity index (χ2v) is 13.1. The number of allylic oxidation sites excluding steroid dienone is 1. The molecule has 180 valence electrons. The molecule has 0 aromatic heterocycles. The minimum absolute atomic E-state index is 0.0752. The van der Waals surface area contributed by atoms with E-state index in [4.69, 9.17) is 4.74 Å². The van der Waals surface area contributed by atoms with Crippen LogP contribution in [-0.4, -0.2) is 50.1 Å². The molecule has 3 saturated carbocycles. The number of carbonyl (C=O) groups excluding carboxylic acids is 1. The Bertz CT molecular complexity index is 845. The first-order valence-electron chi connectivity index (χ1n) is 12.8. The van der Waals surface area contributed by atoms with E-state index in [0.29, 0.717) is 12.8 Å². The monoisotopic (exact) mass is 446 g/mol. The van der Waals surface area contributed by atoms with Crippen molar-refractivity contribution in [3.63, 3.8) is 0 Å². The van der Waals surface area contributed by atoms with E-state index in [9.17, 15) is 20.1 Å². The van der Waals surface area contributed by atoms with E-state index in [1.807, 2.05) is 6.92 Å². The molecular formula is C27H42O5. The molecule has 5 nitrogen and oxygen atoms in total. The molecule has 5 aliphatic rings. The number of ether oxygens (including phenoxy) is 1. The average Bonchev–Trinajstić information content (AvgIpc) is 3.21. The van der Waals surface area contributed by atoms with Gasteiger partial charge in [0.2, 0.25) is 0 Å². The molecule has 5 heteroatoms. The van der Waals surface area contributed by atoms with Crippen LogP contribution in [0.3, 0.4) is 0 Å². The number of carbonyl (C=O) groups is 1. The van der Waals surface area contributed by atoms with E-state index in [1.165, 1.54) is 0 Å². The van der Waals surface area contributed by atoms with Crippen LogP contribution in [0.15, 0.2) is 11.6 Å². The summed E-state index contributed by atoms with van der Waals surface area (Å²) >= 11 is 0. The predicted molar refractivity (Wildman–Crippen MR) is 122 cm³/mol. The third kappa shape index (κ3) is 2.93. The second kappa shape index (κ2) is 6.90. The number of hydrogen-bond donors (Lipinski definition) is 3. The van der Waals surface area contributed by atoms with Crippen molar-refractivity contribution in [1.82, 2.24) is 0 Å². The van der Waals surface area contributed by atoms with Crippen LogP contribution in [0.4, 0.5) is 0 Å². The van der Waals surface area contributed by atoms with Gasteiger partial charge in [0.25, 0.3) is 0 Å². The number of fused-ring (bicyclic) bond motifs is 5. The van der Waals surface area contributed by atoms with E-state index in [2.05, 4.69) is 27.7 Å². The van der Waals surface area contributed by atoms with Crippen LogP contribution in [0.25, 0.3) is 0 Å². The van der Waals surface area contributed by atoms with Crippen LogP contribution < -0.4 is 0 Å². The number of ketones is 1. The summed E-state index contributed by atoms with van der Waals surface area (Å²) in [5.74, 6) is 0.00402. The number of aliphatic hydroxyl groups excluding tert-OH is 1. The Morgan fingerprint density at radius 2 is 1.72 bits per heavy atom. The highest BCUT2D eigenvalue weighted by molar-refractivity contribution is 5.95. The molecule has 0 aromatic carbocycles. The van der Waals surface area contributed by atoms with Gasteiger partial charge in [0.15, 0.2) is 5.78 Å². The van der Waals surface area contributed by atoms with Gasteiger partial charge in [-0.15, -0.1) is 0 Å². The van der Waals surface area contributed by atoms with Crippen molar-refractivity contribution in [1.29, 1.82) is 0 Å². The number of hydrogen-bond acceptors (Lipinski definition) is 5. The topological polar surface area (TPSA) is 87.0 Å². The molecule has 9 atom stereocenters. The highest BCUT2D eigenvalue weighted by Crippen LogP contribution is 2.68. The van der Waals surface area contributed by atoms with Crippen molar-refractivity contribution >= 4 is 5.78 Å². The molecule has 0 aromatic rings. The Balaban J connectivity index is 1.50. The first kappa shape index (κ1) is 23.0. The first-order valence-corrected chi connectivity index (χ1v) is 12.8. The van der Waals surface area contributed by atoms with Crippen molar-refractivity contribution in [3.05, 3.63) is 11.6 Å². The van der Waals surface area contributed by atoms with Gasteiger partial charge in [-0.2, -0.15) is 0 Å². The van der Waals surface area contributed by atoms with Crippen molar-refractivity contribution in [2.75, 3.05) is 0 Å². The standard InChI is InChI=1S/C27H42O5/c1-23(2)10-9-22(32-23)26(5,30)21-8-13-27(31)18-15-20(29)19-14-16(28)6-11-24(19,3)17(18)7-12-25(21,27)4/h15-17,19,21-22,28,30-31H,6-14H2,1-5H3/t16-,17-,19-,21-,22+,24+,25+,26+,27+/m0/s1. The van der Waals surface area contributed by atoms with E-state index >= 15 is 0 Å². The van der Waals surface area contributed by atoms with Crippen molar-refractivity contribution in [2.24, 2.45) is 28.6 Å². The highest BCUT2D eigenvalue weighted by atomic mass is 16.5. The molecule has 0 radical (unpaired) electrons. The van der Waals surface area contributed by atoms with E-state index < -0.39 is 22.7 Å². The van der Waals surface area contributed by atoms with Gasteiger partial charge in [0.1, 0.15) is 0 Å². The fourth-order valence-corrected chi connectivity index (χ4v) is 8.87. The summed E-state index contributed by atoms with van der Waals surface area (Å²) < 4.78 is 6.28. The lowest BCUT2D eigenvalue weighted by molar-refractivity contribution is -0.186. The molecule has 4 fully saturated rings. The SMILES string of the molecule is CC1(C)CC[C@H]([C@](C)(O)[C@H]2CC[C@@]3(O)C4=CC(=O)[C@@H]5C[C@@H](O)CC[C@]5(C)[C@H]4CC[C@]23C)O1. The van der Waals surface area contributed by atoms with Crippen molar-refractivity contribution in [2.45, 2.75) is 121 Å². The molecule has 32 heavy (non-hydrogen) atoms.